The van der Waals surface area contributed by atoms with Crippen LogP contribution in [-0.4, -0.2) is 114 Å². The lowest BCUT2D eigenvalue weighted by atomic mass is 9.84. The SMILES string of the molecule is CCn1c(-c2cc(N3CCN(C)CC3)cnc2[C@H](C)OC)c2c3cc(ccc31)-c1csc(n1)C[C@H](NC(=O)[C@H]1C[C@@H]1C)C(=O)N1CCC[C@](C=O)(COCC(C)(C)C2)N1. The summed E-state index contributed by atoms with van der Waals surface area (Å²) in [7, 11) is 3.91. The number of nitrogens with one attached hydrogen (secondary N) is 2. The molecule has 13 nitrogen and oxygen atoms in total. The van der Waals surface area contributed by atoms with E-state index >= 15 is 0 Å². The highest BCUT2D eigenvalue weighted by molar-refractivity contribution is 7.10. The summed E-state index contributed by atoms with van der Waals surface area (Å²) < 4.78 is 14.9. The quantitative estimate of drug-likeness (QED) is 0.215. The van der Waals surface area contributed by atoms with E-state index in [2.05, 4.69) is 91.0 Å². The monoisotopic (exact) mass is 824 g/mol. The second kappa shape index (κ2) is 16.7. The van der Waals surface area contributed by atoms with Gasteiger partial charge < -0.3 is 34.0 Å². The van der Waals surface area contributed by atoms with E-state index in [4.69, 9.17) is 19.4 Å². The number of hydrazine groups is 1. The number of aryl methyl sites for hydroxylation is 1. The topological polar surface area (TPSA) is 134 Å². The number of hydrogen-bond acceptors (Lipinski definition) is 11. The first-order valence-electron chi connectivity index (χ1n) is 21.3. The summed E-state index contributed by atoms with van der Waals surface area (Å²) in [5.41, 5.74) is 10.1. The predicted molar refractivity (Wildman–Crippen MR) is 231 cm³/mol. The van der Waals surface area contributed by atoms with Crippen molar-refractivity contribution in [3.8, 4) is 22.5 Å². The molecule has 2 amide bonds. The molecule has 2 N–H and O–H groups in total. The number of aldehydes is 1. The van der Waals surface area contributed by atoms with Crippen molar-refractivity contribution in [2.24, 2.45) is 17.3 Å². The Morgan fingerprint density at radius 1 is 1.17 bits per heavy atom. The Balaban J connectivity index is 1.27. The highest BCUT2D eigenvalue weighted by Crippen LogP contribution is 2.43. The zero-order valence-electron chi connectivity index (χ0n) is 35.7. The van der Waals surface area contributed by atoms with Crippen LogP contribution < -0.4 is 15.6 Å². The Kier molecular flexibility index (Phi) is 11.7. The zero-order chi connectivity index (χ0) is 41.6. The summed E-state index contributed by atoms with van der Waals surface area (Å²) in [6, 6.07) is 8.09. The van der Waals surface area contributed by atoms with Gasteiger partial charge in [0, 0.05) is 86.1 Å². The number of aromatic nitrogens is 3. The number of anilines is 1. The van der Waals surface area contributed by atoms with Crippen LogP contribution in [0.3, 0.4) is 0 Å². The number of rotatable bonds is 8. The minimum atomic E-state index is -1.08. The van der Waals surface area contributed by atoms with Crippen LogP contribution in [0.2, 0.25) is 0 Å². The first-order chi connectivity index (χ1) is 28.3. The van der Waals surface area contributed by atoms with Crippen molar-refractivity contribution in [1.82, 2.24) is 35.2 Å². The van der Waals surface area contributed by atoms with Crippen LogP contribution in [0.4, 0.5) is 5.69 Å². The van der Waals surface area contributed by atoms with E-state index in [1.807, 2.05) is 11.6 Å². The number of ether oxygens (including phenoxy) is 2. The molecule has 1 saturated carbocycles. The molecular weight excluding hydrogens is 765 g/mol. The number of benzene rings is 1. The van der Waals surface area contributed by atoms with Gasteiger partial charge in [0.05, 0.1) is 53.3 Å². The van der Waals surface area contributed by atoms with Crippen LogP contribution in [0.1, 0.15) is 76.3 Å². The van der Waals surface area contributed by atoms with E-state index < -0.39 is 11.6 Å². The van der Waals surface area contributed by atoms with E-state index in [0.717, 1.165) is 95.2 Å². The molecule has 2 saturated heterocycles. The lowest BCUT2D eigenvalue weighted by Crippen LogP contribution is -2.66. The Morgan fingerprint density at radius 3 is 2.66 bits per heavy atom. The van der Waals surface area contributed by atoms with Gasteiger partial charge in [-0.2, -0.15) is 0 Å². The first kappa shape index (κ1) is 41.5. The van der Waals surface area contributed by atoms with Gasteiger partial charge in [0.2, 0.25) is 5.91 Å². The van der Waals surface area contributed by atoms with E-state index in [0.29, 0.717) is 38.3 Å². The molecule has 0 spiro atoms. The molecule has 5 atom stereocenters. The molecule has 3 aliphatic heterocycles. The van der Waals surface area contributed by atoms with Gasteiger partial charge in [-0.05, 0) is 81.7 Å². The number of amides is 2. The van der Waals surface area contributed by atoms with Crippen LogP contribution in [-0.2, 0) is 43.2 Å². The fraction of sp³-hybridized carbons (Fsp3) is 0.578. The van der Waals surface area contributed by atoms with Crippen LogP contribution in [0.15, 0.2) is 35.8 Å². The number of pyridine rings is 1. The molecule has 59 heavy (non-hydrogen) atoms. The molecule has 6 bridgehead atoms. The summed E-state index contributed by atoms with van der Waals surface area (Å²) in [4.78, 5) is 55.5. The molecule has 316 valence electrons. The van der Waals surface area contributed by atoms with Crippen LogP contribution in [0.5, 0.6) is 0 Å². The number of hydrogen-bond donors (Lipinski definition) is 2. The molecule has 4 aromatic rings. The number of thiazole rings is 1. The number of methoxy groups -OCH3 is 1. The van der Waals surface area contributed by atoms with Gasteiger partial charge in [0.1, 0.15) is 17.9 Å². The normalized spacial score (nSPS) is 25.7. The number of likely N-dealkylation sites (N-methyl/N-ethyl adjacent to an activating group) is 1. The molecular formula is C45H60N8O5S. The third-order valence-electron chi connectivity index (χ3n) is 12.9. The highest BCUT2D eigenvalue weighted by Gasteiger charge is 2.43. The molecule has 6 heterocycles. The summed E-state index contributed by atoms with van der Waals surface area (Å²) in [6.07, 6.45) is 5.54. The van der Waals surface area contributed by atoms with Crippen LogP contribution in [0, 0.1) is 17.3 Å². The van der Waals surface area contributed by atoms with Gasteiger partial charge in [-0.3, -0.25) is 19.6 Å². The van der Waals surface area contributed by atoms with Gasteiger partial charge in [-0.25, -0.2) is 10.4 Å². The number of carbonyl (C=O) groups excluding carboxylic acids is 3. The van der Waals surface area contributed by atoms with E-state index in [9.17, 15) is 14.4 Å². The van der Waals surface area contributed by atoms with Crippen molar-refractivity contribution >= 4 is 46.0 Å². The van der Waals surface area contributed by atoms with Gasteiger partial charge in [-0.15, -0.1) is 11.3 Å². The molecule has 1 aliphatic carbocycles. The second-order valence-corrected chi connectivity index (χ2v) is 19.1. The summed E-state index contributed by atoms with van der Waals surface area (Å²) >= 11 is 1.49. The zero-order valence-corrected chi connectivity index (χ0v) is 36.5. The lowest BCUT2D eigenvalue weighted by Gasteiger charge is -2.41. The van der Waals surface area contributed by atoms with E-state index in [-0.39, 0.29) is 42.3 Å². The smallest absolute Gasteiger partial charge is 0.259 e. The maximum atomic E-state index is 14.3. The van der Waals surface area contributed by atoms with Crippen molar-refractivity contribution < 1.29 is 23.9 Å². The largest absolute Gasteiger partial charge is 0.378 e. The Morgan fingerprint density at radius 2 is 1.95 bits per heavy atom. The van der Waals surface area contributed by atoms with Crippen LogP contribution in [0.25, 0.3) is 33.4 Å². The fourth-order valence-corrected chi connectivity index (χ4v) is 10.0. The van der Waals surface area contributed by atoms with Gasteiger partial charge in [0.25, 0.3) is 5.91 Å². The van der Waals surface area contributed by atoms with E-state index in [1.165, 1.54) is 21.9 Å². The molecule has 0 unspecified atom stereocenters. The van der Waals surface area contributed by atoms with E-state index in [1.54, 1.807) is 7.11 Å². The van der Waals surface area contributed by atoms with Gasteiger partial charge in [-0.1, -0.05) is 26.8 Å². The fourth-order valence-electron chi connectivity index (χ4n) is 9.15. The van der Waals surface area contributed by atoms with Crippen molar-refractivity contribution in [1.29, 1.82) is 0 Å². The summed E-state index contributed by atoms with van der Waals surface area (Å²) in [5.74, 6) is -0.185. The molecule has 3 fully saturated rings. The molecule has 3 aromatic heterocycles. The van der Waals surface area contributed by atoms with Gasteiger partial charge in [0.15, 0.2) is 0 Å². The number of piperazine rings is 1. The minimum absolute atomic E-state index is 0.0945. The van der Waals surface area contributed by atoms with Crippen molar-refractivity contribution in [2.75, 3.05) is 65.0 Å². The Bertz CT molecular complexity index is 2210. The second-order valence-electron chi connectivity index (χ2n) is 18.1. The van der Waals surface area contributed by atoms with Crippen LogP contribution >= 0.6 is 11.3 Å². The standard InChI is InChI=1S/C45H60N8O5S/c1-8-52-38-11-10-30-19-33(38)35(41(52)34-20-31(23-46-40(34)29(3)57-7)51-16-14-50(6)15-17-51)22-44(4,5)26-58-27-45(25-54)12-9-13-53(49-45)43(56)36(21-39-47-37(30)24-59-39)48-42(55)32-18-28(32)2/h10-11,19-20,23-25,28-29,32,36,49H,8-9,12-18,21-22,26-27H2,1-7H3,(H,48,55)/t28-,29-,32-,36-,45-/m0/s1. The maximum Gasteiger partial charge on any atom is 0.259 e. The molecule has 0 radical (unpaired) electrons. The van der Waals surface area contributed by atoms with Crippen molar-refractivity contribution in [2.45, 2.75) is 91.0 Å². The molecule has 4 aliphatic rings. The first-order valence-corrected chi connectivity index (χ1v) is 22.2. The predicted octanol–water partition coefficient (Wildman–Crippen LogP) is 5.65. The lowest BCUT2D eigenvalue weighted by molar-refractivity contribution is -0.147. The minimum Gasteiger partial charge on any atom is -0.378 e. The Hall–Kier alpha value is -4.21. The number of fused-ring (bicyclic) bond motifs is 6. The average Bonchev–Trinajstić information content (AvgIpc) is 3.66. The molecule has 1 aromatic carbocycles. The Labute approximate surface area is 351 Å². The van der Waals surface area contributed by atoms with Crippen molar-refractivity contribution in [3.05, 3.63) is 52.1 Å². The summed E-state index contributed by atoms with van der Waals surface area (Å²) in [6.45, 7) is 16.2. The maximum absolute atomic E-state index is 14.3. The van der Waals surface area contributed by atoms with Gasteiger partial charge >= 0.3 is 0 Å². The highest BCUT2D eigenvalue weighted by atomic mass is 32.1. The number of carbonyl (C=O) groups is 3. The summed E-state index contributed by atoms with van der Waals surface area (Å²) in [5, 5.41) is 8.53. The third-order valence-corrected chi connectivity index (χ3v) is 13.8. The van der Waals surface area contributed by atoms with Crippen molar-refractivity contribution in [3.63, 3.8) is 0 Å². The third kappa shape index (κ3) is 8.43. The number of nitrogens with zero attached hydrogens (tertiary/aromatic N) is 6. The molecule has 8 rings (SSSR count). The average molecular weight is 825 g/mol. The molecule has 14 heteroatoms.